The largest absolute Gasteiger partial charge is 0.459 e. The number of esters is 1. The molecule has 1 N–H and O–H groups in total. The molecule has 4 heterocycles. The van der Waals surface area contributed by atoms with Crippen LogP contribution in [-0.2, 0) is 16.0 Å². The second-order valence-corrected chi connectivity index (χ2v) is 9.18. The van der Waals surface area contributed by atoms with Crippen LogP contribution in [-0.4, -0.2) is 72.3 Å². The van der Waals surface area contributed by atoms with Crippen LogP contribution < -0.4 is 10.5 Å². The molecule has 0 amide bonds. The molecule has 0 saturated carbocycles. The van der Waals surface area contributed by atoms with E-state index in [9.17, 15) is 9.59 Å². The van der Waals surface area contributed by atoms with E-state index in [0.717, 1.165) is 37.7 Å². The number of nitrogens with zero attached hydrogens (tertiary/aromatic N) is 4. The lowest BCUT2D eigenvalue weighted by Gasteiger charge is -2.21. The van der Waals surface area contributed by atoms with Crippen molar-refractivity contribution in [1.29, 1.82) is 0 Å². The fourth-order valence-electron chi connectivity index (χ4n) is 3.65. The molecule has 0 aromatic carbocycles. The number of methoxy groups -OCH3 is 1. The summed E-state index contributed by atoms with van der Waals surface area (Å²) in [6.45, 7) is 6.44. The Balaban J connectivity index is 1.48. The van der Waals surface area contributed by atoms with E-state index in [2.05, 4.69) is 24.8 Å². The highest BCUT2D eigenvalue weighted by Gasteiger charge is 2.22. The van der Waals surface area contributed by atoms with E-state index in [1.165, 1.54) is 11.3 Å². The molecule has 9 nitrogen and oxygen atoms in total. The Bertz CT molecular complexity index is 1100. The molecule has 1 fully saturated rings. The molecule has 1 aliphatic rings. The first-order chi connectivity index (χ1) is 15.1. The Kier molecular flexibility index (Phi) is 6.96. The zero-order chi connectivity index (χ0) is 21.8. The highest BCUT2D eigenvalue weighted by molar-refractivity contribution is 7.20. The minimum atomic E-state index is -0.451. The van der Waals surface area contributed by atoms with Crippen LogP contribution in [0.3, 0.4) is 0 Å². The number of ether oxygens (including phenoxy) is 2. The molecule has 1 aliphatic heterocycles. The minimum Gasteiger partial charge on any atom is -0.459 e. The van der Waals surface area contributed by atoms with Gasteiger partial charge in [-0.1, -0.05) is 0 Å². The standard InChI is InChI=1S/C20H25N5O4S2/c1-13-15-17(26)22-14(23-18(15)31-16(13)19(27)29-10-9-28-2)12-24-5-3-6-25(8-7-24)20-21-4-11-30-20/h4,11H,3,5-10,12H2,1-2H3,(H,22,23,26). The maximum absolute atomic E-state index is 12.7. The number of anilines is 1. The van der Waals surface area contributed by atoms with E-state index in [1.54, 1.807) is 25.4 Å². The van der Waals surface area contributed by atoms with Gasteiger partial charge in [0, 0.05) is 44.9 Å². The van der Waals surface area contributed by atoms with Crippen LogP contribution in [0.5, 0.6) is 0 Å². The highest BCUT2D eigenvalue weighted by atomic mass is 32.1. The summed E-state index contributed by atoms with van der Waals surface area (Å²) in [5.74, 6) is 0.161. The van der Waals surface area contributed by atoms with Gasteiger partial charge in [0.05, 0.1) is 18.5 Å². The molecular formula is C20H25N5O4S2. The molecule has 4 rings (SSSR count). The lowest BCUT2D eigenvalue weighted by Crippen LogP contribution is -2.31. The van der Waals surface area contributed by atoms with Gasteiger partial charge < -0.3 is 19.4 Å². The Labute approximate surface area is 187 Å². The second kappa shape index (κ2) is 9.86. The fraction of sp³-hybridized carbons (Fsp3) is 0.500. The van der Waals surface area contributed by atoms with Gasteiger partial charge in [-0.3, -0.25) is 9.69 Å². The summed E-state index contributed by atoms with van der Waals surface area (Å²) in [5.41, 5.74) is 0.389. The second-order valence-electron chi connectivity index (χ2n) is 7.31. The van der Waals surface area contributed by atoms with Gasteiger partial charge in [-0.25, -0.2) is 14.8 Å². The van der Waals surface area contributed by atoms with Crippen molar-refractivity contribution < 1.29 is 14.3 Å². The van der Waals surface area contributed by atoms with Gasteiger partial charge in [0.1, 0.15) is 22.1 Å². The summed E-state index contributed by atoms with van der Waals surface area (Å²) >= 11 is 2.86. The van der Waals surface area contributed by atoms with Crippen molar-refractivity contribution in [3.8, 4) is 0 Å². The van der Waals surface area contributed by atoms with Crippen LogP contribution in [0.15, 0.2) is 16.4 Å². The van der Waals surface area contributed by atoms with E-state index in [-0.39, 0.29) is 12.2 Å². The van der Waals surface area contributed by atoms with Gasteiger partial charge in [0.15, 0.2) is 5.13 Å². The molecule has 0 radical (unpaired) electrons. The first kappa shape index (κ1) is 21.9. The number of aromatic nitrogens is 3. The van der Waals surface area contributed by atoms with Crippen LogP contribution >= 0.6 is 22.7 Å². The van der Waals surface area contributed by atoms with E-state index in [1.807, 2.05) is 11.6 Å². The number of fused-ring (bicyclic) bond motifs is 1. The first-order valence-electron chi connectivity index (χ1n) is 10.1. The van der Waals surface area contributed by atoms with E-state index in [4.69, 9.17) is 9.47 Å². The Morgan fingerprint density at radius 1 is 1.26 bits per heavy atom. The molecule has 0 aliphatic carbocycles. The number of carbonyl (C=O) groups is 1. The third-order valence-corrected chi connectivity index (χ3v) is 7.21. The summed E-state index contributed by atoms with van der Waals surface area (Å²) in [6, 6.07) is 0. The molecular weight excluding hydrogens is 438 g/mol. The average molecular weight is 464 g/mol. The van der Waals surface area contributed by atoms with E-state index in [0.29, 0.717) is 39.6 Å². The maximum atomic E-state index is 12.7. The monoisotopic (exact) mass is 463 g/mol. The number of hydrogen-bond donors (Lipinski definition) is 1. The van der Waals surface area contributed by atoms with Crippen molar-refractivity contribution in [3.63, 3.8) is 0 Å². The predicted molar refractivity (Wildman–Crippen MR) is 121 cm³/mol. The van der Waals surface area contributed by atoms with Crippen molar-refractivity contribution >= 4 is 44.0 Å². The number of hydrogen-bond acceptors (Lipinski definition) is 10. The van der Waals surface area contributed by atoms with Crippen molar-refractivity contribution in [2.45, 2.75) is 19.9 Å². The molecule has 11 heteroatoms. The van der Waals surface area contributed by atoms with E-state index >= 15 is 0 Å². The van der Waals surface area contributed by atoms with Crippen molar-refractivity contribution in [2.75, 3.05) is 51.4 Å². The Hall–Kier alpha value is -2.34. The van der Waals surface area contributed by atoms with Crippen molar-refractivity contribution in [2.24, 2.45) is 0 Å². The maximum Gasteiger partial charge on any atom is 0.348 e. The van der Waals surface area contributed by atoms with Crippen LogP contribution in [0, 0.1) is 6.92 Å². The summed E-state index contributed by atoms with van der Waals surface area (Å²) in [5, 5.41) is 3.50. The molecule has 3 aromatic rings. The van der Waals surface area contributed by atoms with Crippen LogP contribution in [0.2, 0.25) is 0 Å². The number of thiazole rings is 1. The van der Waals surface area contributed by atoms with Gasteiger partial charge in [-0.15, -0.1) is 22.7 Å². The summed E-state index contributed by atoms with van der Waals surface area (Å²) in [6.07, 6.45) is 2.85. The number of carbonyl (C=O) groups excluding carboxylic acids is 1. The van der Waals surface area contributed by atoms with E-state index < -0.39 is 5.97 Å². The number of thiophene rings is 1. The normalized spacial score (nSPS) is 15.4. The zero-order valence-electron chi connectivity index (χ0n) is 17.5. The number of aromatic amines is 1. The highest BCUT2D eigenvalue weighted by Crippen LogP contribution is 2.28. The van der Waals surface area contributed by atoms with Crippen LogP contribution in [0.25, 0.3) is 10.2 Å². The lowest BCUT2D eigenvalue weighted by atomic mass is 10.2. The summed E-state index contributed by atoms with van der Waals surface area (Å²) < 4.78 is 10.1. The van der Waals surface area contributed by atoms with Gasteiger partial charge in [-0.2, -0.15) is 0 Å². The zero-order valence-corrected chi connectivity index (χ0v) is 19.2. The third kappa shape index (κ3) is 4.95. The Morgan fingerprint density at radius 2 is 2.13 bits per heavy atom. The topological polar surface area (TPSA) is 101 Å². The molecule has 0 bridgehead atoms. The molecule has 3 aromatic heterocycles. The third-order valence-electron chi connectivity index (χ3n) is 5.21. The molecule has 1 saturated heterocycles. The lowest BCUT2D eigenvalue weighted by molar-refractivity contribution is 0.0393. The average Bonchev–Trinajstić information content (AvgIpc) is 3.32. The molecule has 0 unspecified atom stereocenters. The number of H-pyrrole nitrogens is 1. The van der Waals surface area contributed by atoms with Gasteiger partial charge in [-0.05, 0) is 18.9 Å². The number of nitrogens with one attached hydrogen (secondary N) is 1. The van der Waals surface area contributed by atoms with Gasteiger partial charge >= 0.3 is 5.97 Å². The fourth-order valence-corrected chi connectivity index (χ4v) is 5.44. The summed E-state index contributed by atoms with van der Waals surface area (Å²) in [4.78, 5) is 42.6. The minimum absolute atomic E-state index is 0.172. The Morgan fingerprint density at radius 3 is 2.90 bits per heavy atom. The molecule has 31 heavy (non-hydrogen) atoms. The molecule has 0 spiro atoms. The molecule has 166 valence electrons. The predicted octanol–water partition coefficient (Wildman–Crippen LogP) is 2.27. The quantitative estimate of drug-likeness (QED) is 0.421. The SMILES string of the molecule is COCCOC(=O)c1sc2nc(CN3CCCN(c4nccs4)CC3)[nH]c(=O)c2c1C. The van der Waals surface area contributed by atoms with Crippen molar-refractivity contribution in [3.05, 3.63) is 38.2 Å². The van der Waals surface area contributed by atoms with Crippen LogP contribution in [0.4, 0.5) is 5.13 Å². The van der Waals surface area contributed by atoms with Crippen LogP contribution in [0.1, 0.15) is 27.5 Å². The van der Waals surface area contributed by atoms with Gasteiger partial charge in [0.2, 0.25) is 0 Å². The number of aryl methyl sites for hydroxylation is 1. The smallest absolute Gasteiger partial charge is 0.348 e. The first-order valence-corrected chi connectivity index (χ1v) is 11.8. The van der Waals surface area contributed by atoms with Crippen molar-refractivity contribution in [1.82, 2.24) is 19.9 Å². The summed E-state index contributed by atoms with van der Waals surface area (Å²) in [7, 11) is 1.55. The number of rotatable bonds is 7. The van der Waals surface area contributed by atoms with Gasteiger partial charge in [0.25, 0.3) is 5.56 Å². The molecule has 0 atom stereocenters.